The minimum Gasteiger partial charge on any atom is -0.377 e. The Balaban J connectivity index is 1.37. The third-order valence-corrected chi connectivity index (χ3v) is 7.49. The molecule has 0 spiro atoms. The number of hydrogen-bond acceptors (Lipinski definition) is 3. The van der Waals surface area contributed by atoms with Crippen molar-refractivity contribution < 1.29 is 23.0 Å². The summed E-state index contributed by atoms with van der Waals surface area (Å²) in [5.41, 5.74) is 1.64. The van der Waals surface area contributed by atoms with Crippen LogP contribution in [0.2, 0.25) is 0 Å². The van der Waals surface area contributed by atoms with E-state index < -0.39 is 11.6 Å². The highest BCUT2D eigenvalue weighted by molar-refractivity contribution is 5.75. The Labute approximate surface area is 197 Å². The van der Waals surface area contributed by atoms with Crippen LogP contribution in [0.3, 0.4) is 0 Å². The van der Waals surface area contributed by atoms with Gasteiger partial charge in [-0.3, -0.25) is 0 Å². The molecule has 2 heterocycles. The van der Waals surface area contributed by atoms with E-state index in [1.54, 1.807) is 12.1 Å². The number of halogens is 2. The van der Waals surface area contributed by atoms with Gasteiger partial charge in [0.25, 0.3) is 0 Å². The molecule has 4 rings (SSSR count). The van der Waals surface area contributed by atoms with Gasteiger partial charge in [0.15, 0.2) is 17.9 Å². The highest BCUT2D eigenvalue weighted by atomic mass is 19.2. The van der Waals surface area contributed by atoms with Gasteiger partial charge in [0.05, 0.1) is 25.9 Å². The van der Waals surface area contributed by atoms with Crippen molar-refractivity contribution in [2.75, 3.05) is 19.8 Å². The van der Waals surface area contributed by atoms with Crippen LogP contribution in [0, 0.1) is 23.0 Å². The fraction of sp³-hybridized carbons (Fsp3) is 0.643. The summed E-state index contributed by atoms with van der Waals surface area (Å²) < 4.78 is 47.9. The van der Waals surface area contributed by atoms with Crippen LogP contribution in [-0.2, 0) is 14.2 Å². The molecular weight excluding hydrogens is 422 g/mol. The number of hydrogen-bond donors (Lipinski definition) is 0. The van der Waals surface area contributed by atoms with Crippen LogP contribution in [0.25, 0.3) is 5.57 Å². The normalized spacial score (nSPS) is 32.6. The van der Waals surface area contributed by atoms with E-state index in [0.29, 0.717) is 30.9 Å². The maximum Gasteiger partial charge on any atom is 0.166 e. The maximum absolute atomic E-state index is 15.1. The predicted molar refractivity (Wildman–Crippen MR) is 127 cm³/mol. The lowest BCUT2D eigenvalue weighted by Gasteiger charge is -2.38. The summed E-state index contributed by atoms with van der Waals surface area (Å²) in [6.45, 7) is 8.17. The molecule has 3 atom stereocenters. The quantitative estimate of drug-likeness (QED) is 0.432. The first-order valence-corrected chi connectivity index (χ1v) is 12.7. The van der Waals surface area contributed by atoms with Crippen molar-refractivity contribution in [1.82, 2.24) is 0 Å². The summed E-state index contributed by atoms with van der Waals surface area (Å²) in [5.74, 6) is -1.42. The molecule has 0 N–H and O–H groups in total. The number of allylic oxidation sites excluding steroid dienone is 4. The second-order valence-corrected chi connectivity index (χ2v) is 10.2. The van der Waals surface area contributed by atoms with E-state index in [1.807, 2.05) is 12.2 Å². The minimum absolute atomic E-state index is 0.0472. The highest BCUT2D eigenvalue weighted by Crippen LogP contribution is 2.39. The van der Waals surface area contributed by atoms with Crippen LogP contribution < -0.4 is 0 Å². The summed E-state index contributed by atoms with van der Waals surface area (Å²) in [6.07, 6.45) is 12.6. The first-order chi connectivity index (χ1) is 15.9. The van der Waals surface area contributed by atoms with Crippen molar-refractivity contribution in [2.45, 2.75) is 84.0 Å². The average Bonchev–Trinajstić information content (AvgIpc) is 2.83. The number of ether oxygens (including phenoxy) is 3. The zero-order valence-corrected chi connectivity index (χ0v) is 20.2. The minimum atomic E-state index is -0.749. The Bertz CT molecular complexity index is 864. The van der Waals surface area contributed by atoms with E-state index in [-0.39, 0.29) is 29.6 Å². The van der Waals surface area contributed by atoms with Gasteiger partial charge in [0.2, 0.25) is 0 Å². The summed E-state index contributed by atoms with van der Waals surface area (Å²) >= 11 is 0. The van der Waals surface area contributed by atoms with Gasteiger partial charge < -0.3 is 14.2 Å². The maximum atomic E-state index is 15.1. The van der Waals surface area contributed by atoms with Gasteiger partial charge in [0, 0.05) is 17.4 Å². The Morgan fingerprint density at radius 1 is 0.970 bits per heavy atom. The molecule has 3 nitrogen and oxygen atoms in total. The molecule has 1 aromatic rings. The summed E-state index contributed by atoms with van der Waals surface area (Å²) in [4.78, 5) is 0. The standard InChI is InChI=1S/C28H38F2O3/c1-4-6-25-32-17-21(18-33-25)24-10-7-20(16-31-24)23-9-8-22(26(29)27(23)30)19-11-14-28(3,13-5-2)15-12-19/h8-9,11-12,14,20-21,24-25H,4-7,10,13,15-18H2,1-3H3. The van der Waals surface area contributed by atoms with E-state index in [9.17, 15) is 0 Å². The lowest BCUT2D eigenvalue weighted by molar-refractivity contribution is -0.224. The van der Waals surface area contributed by atoms with Crippen LogP contribution in [0.5, 0.6) is 0 Å². The van der Waals surface area contributed by atoms with Gasteiger partial charge in [-0.2, -0.15) is 0 Å². The van der Waals surface area contributed by atoms with Crippen LogP contribution in [-0.4, -0.2) is 32.2 Å². The predicted octanol–water partition coefficient (Wildman–Crippen LogP) is 7.17. The number of rotatable bonds is 7. The molecule has 3 aliphatic rings. The zero-order chi connectivity index (χ0) is 23.4. The Morgan fingerprint density at radius 2 is 1.76 bits per heavy atom. The Kier molecular flexibility index (Phi) is 8.03. The topological polar surface area (TPSA) is 27.7 Å². The van der Waals surface area contributed by atoms with Gasteiger partial charge in [-0.05, 0) is 48.7 Å². The molecule has 0 bridgehead atoms. The van der Waals surface area contributed by atoms with Gasteiger partial charge >= 0.3 is 0 Å². The van der Waals surface area contributed by atoms with Crippen molar-refractivity contribution in [1.29, 1.82) is 0 Å². The molecule has 0 radical (unpaired) electrons. The van der Waals surface area contributed by atoms with Gasteiger partial charge in [-0.25, -0.2) is 8.78 Å². The van der Waals surface area contributed by atoms with Crippen molar-refractivity contribution in [3.63, 3.8) is 0 Å². The summed E-state index contributed by atoms with van der Waals surface area (Å²) in [7, 11) is 0. The second kappa shape index (κ2) is 10.8. The lowest BCUT2D eigenvalue weighted by Crippen LogP contribution is -2.41. The molecule has 0 amide bonds. The third-order valence-electron chi connectivity index (χ3n) is 7.49. The van der Waals surface area contributed by atoms with Gasteiger partial charge in [0.1, 0.15) is 0 Å². The fourth-order valence-electron chi connectivity index (χ4n) is 5.39. The van der Waals surface area contributed by atoms with E-state index in [1.165, 1.54) is 0 Å². The Morgan fingerprint density at radius 3 is 2.36 bits per heavy atom. The van der Waals surface area contributed by atoms with Crippen LogP contribution >= 0.6 is 0 Å². The first-order valence-electron chi connectivity index (χ1n) is 12.7. The summed E-state index contributed by atoms with van der Waals surface area (Å²) in [6, 6.07) is 3.48. The molecule has 2 saturated heterocycles. The summed E-state index contributed by atoms with van der Waals surface area (Å²) in [5, 5.41) is 0. The fourth-order valence-corrected chi connectivity index (χ4v) is 5.39. The third kappa shape index (κ3) is 5.58. The van der Waals surface area contributed by atoms with Crippen LogP contribution in [0.1, 0.15) is 82.8 Å². The van der Waals surface area contributed by atoms with E-state index >= 15 is 8.78 Å². The second-order valence-electron chi connectivity index (χ2n) is 10.2. The molecule has 182 valence electrons. The Hall–Kier alpha value is -1.56. The molecule has 0 saturated carbocycles. The first kappa shape index (κ1) is 24.6. The van der Waals surface area contributed by atoms with Crippen LogP contribution in [0.15, 0.2) is 30.4 Å². The molecule has 1 aromatic carbocycles. The van der Waals surface area contributed by atoms with Crippen molar-refractivity contribution in [2.24, 2.45) is 11.3 Å². The van der Waals surface area contributed by atoms with Gasteiger partial charge in [-0.1, -0.05) is 64.0 Å². The van der Waals surface area contributed by atoms with E-state index in [4.69, 9.17) is 14.2 Å². The van der Waals surface area contributed by atoms with Crippen LogP contribution in [0.4, 0.5) is 8.78 Å². The zero-order valence-electron chi connectivity index (χ0n) is 20.2. The lowest BCUT2D eigenvalue weighted by atomic mass is 9.77. The molecule has 5 heteroatoms. The molecule has 1 aliphatic carbocycles. The molecule has 2 aliphatic heterocycles. The monoisotopic (exact) mass is 460 g/mol. The SMILES string of the molecule is CCCC1OCC(C2CCC(c3ccc(C4=CCC(C)(CCC)C=C4)c(F)c3F)CO2)CO1. The van der Waals surface area contributed by atoms with Crippen molar-refractivity contribution >= 4 is 5.57 Å². The molecule has 0 aromatic heterocycles. The van der Waals surface area contributed by atoms with E-state index in [2.05, 4.69) is 26.8 Å². The highest BCUT2D eigenvalue weighted by Gasteiger charge is 2.34. The van der Waals surface area contributed by atoms with Gasteiger partial charge in [-0.15, -0.1) is 0 Å². The largest absolute Gasteiger partial charge is 0.377 e. The van der Waals surface area contributed by atoms with Crippen molar-refractivity contribution in [3.05, 3.63) is 53.1 Å². The van der Waals surface area contributed by atoms with E-state index in [0.717, 1.165) is 50.5 Å². The number of benzene rings is 1. The molecular formula is C28H38F2O3. The molecule has 33 heavy (non-hydrogen) atoms. The van der Waals surface area contributed by atoms with Crippen molar-refractivity contribution in [3.8, 4) is 0 Å². The average molecular weight is 461 g/mol. The molecule has 2 fully saturated rings. The molecule has 3 unspecified atom stereocenters. The smallest absolute Gasteiger partial charge is 0.166 e.